The highest BCUT2D eigenvalue weighted by atomic mass is 16.6. The first-order valence-corrected chi connectivity index (χ1v) is 8.85. The fraction of sp³-hybridized carbons (Fsp3) is 0.333. The van der Waals surface area contributed by atoms with Gasteiger partial charge in [0.25, 0.3) is 0 Å². The van der Waals surface area contributed by atoms with Gasteiger partial charge in [0.2, 0.25) is 0 Å². The summed E-state index contributed by atoms with van der Waals surface area (Å²) in [6.45, 7) is 4.71. The summed E-state index contributed by atoms with van der Waals surface area (Å²) >= 11 is 0. The largest absolute Gasteiger partial charge is 0.508 e. The molecule has 28 heavy (non-hydrogen) atoms. The molecule has 0 bridgehead atoms. The Labute approximate surface area is 162 Å². The number of aryl methyl sites for hydroxylation is 1. The number of aromatic hydroxyl groups is 2. The molecule has 0 saturated carbocycles. The molecule has 1 heterocycles. The average molecular weight is 386 g/mol. The number of carbonyl (C=O) groups is 2. The van der Waals surface area contributed by atoms with E-state index in [2.05, 4.69) is 0 Å². The Kier molecular flexibility index (Phi) is 5.04. The molecule has 0 spiro atoms. The van der Waals surface area contributed by atoms with Crippen LogP contribution in [0.1, 0.15) is 36.2 Å². The van der Waals surface area contributed by atoms with E-state index in [1.54, 1.807) is 18.2 Å². The average Bonchev–Trinajstić information content (AvgIpc) is 2.59. The van der Waals surface area contributed by atoms with E-state index in [1.165, 1.54) is 19.9 Å². The van der Waals surface area contributed by atoms with Crippen molar-refractivity contribution < 1.29 is 34.4 Å². The Morgan fingerprint density at radius 3 is 2.71 bits per heavy atom. The predicted molar refractivity (Wildman–Crippen MR) is 99.8 cm³/mol. The zero-order valence-electron chi connectivity index (χ0n) is 15.9. The summed E-state index contributed by atoms with van der Waals surface area (Å²) in [5.74, 6) is -1.50. The number of ketones is 1. The van der Waals surface area contributed by atoms with Gasteiger partial charge in [0.05, 0.1) is 0 Å². The lowest BCUT2D eigenvalue weighted by molar-refractivity contribution is -0.146. The standard InChI is InChI=1S/C21H22O7/c1-4-5-14-7-12-8-17(21(3,26)19(24)15(12)10-27-14)28-20(25)18-11(2)6-13(22)9-16(18)23/h4-7,9,17,22-23,26H,8,10H2,1-3H3. The van der Waals surface area contributed by atoms with Gasteiger partial charge in [-0.25, -0.2) is 4.79 Å². The van der Waals surface area contributed by atoms with Crippen molar-refractivity contribution >= 4 is 11.8 Å². The number of carbonyl (C=O) groups excluding carboxylic acids is 2. The van der Waals surface area contributed by atoms with Gasteiger partial charge in [-0.15, -0.1) is 0 Å². The predicted octanol–water partition coefficient (Wildman–Crippen LogP) is 2.44. The highest BCUT2D eigenvalue weighted by molar-refractivity contribution is 6.05. The summed E-state index contributed by atoms with van der Waals surface area (Å²) in [5.41, 5.74) is -0.748. The van der Waals surface area contributed by atoms with E-state index < -0.39 is 29.2 Å². The molecular formula is C21H22O7. The van der Waals surface area contributed by atoms with Gasteiger partial charge in [-0.1, -0.05) is 6.08 Å². The molecule has 3 rings (SSSR count). The first-order valence-electron chi connectivity index (χ1n) is 8.85. The van der Waals surface area contributed by atoms with Crippen molar-refractivity contribution in [3.05, 3.63) is 58.4 Å². The minimum Gasteiger partial charge on any atom is -0.508 e. The number of hydrogen-bond donors (Lipinski definition) is 3. The number of phenols is 2. The normalized spacial score (nSPS) is 24.6. The quantitative estimate of drug-likeness (QED) is 0.684. The molecule has 0 radical (unpaired) electrons. The number of phenolic OH excluding ortho intramolecular Hbond substituents is 2. The van der Waals surface area contributed by atoms with Gasteiger partial charge >= 0.3 is 5.97 Å². The maximum Gasteiger partial charge on any atom is 0.342 e. The van der Waals surface area contributed by atoms with Crippen LogP contribution in [0.5, 0.6) is 11.5 Å². The first kappa shape index (κ1) is 19.7. The fourth-order valence-electron chi connectivity index (χ4n) is 3.41. The monoisotopic (exact) mass is 386 g/mol. The van der Waals surface area contributed by atoms with Gasteiger partial charge in [0.15, 0.2) is 11.4 Å². The lowest BCUT2D eigenvalue weighted by Gasteiger charge is -2.38. The molecule has 0 fully saturated rings. The number of aliphatic hydroxyl groups is 1. The van der Waals surface area contributed by atoms with Crippen molar-refractivity contribution in [2.75, 3.05) is 6.61 Å². The lowest BCUT2D eigenvalue weighted by atomic mass is 9.77. The Hall–Kier alpha value is -3.06. The van der Waals surface area contributed by atoms with Crippen LogP contribution in [-0.2, 0) is 14.3 Å². The van der Waals surface area contributed by atoms with Crippen LogP contribution in [0.4, 0.5) is 0 Å². The molecular weight excluding hydrogens is 364 g/mol. The van der Waals surface area contributed by atoms with E-state index in [0.717, 1.165) is 6.07 Å². The molecule has 0 saturated heterocycles. The van der Waals surface area contributed by atoms with Crippen LogP contribution in [0.15, 0.2) is 47.3 Å². The van der Waals surface area contributed by atoms with Gasteiger partial charge in [0, 0.05) is 18.1 Å². The van der Waals surface area contributed by atoms with Crippen LogP contribution in [0.2, 0.25) is 0 Å². The smallest absolute Gasteiger partial charge is 0.342 e. The van der Waals surface area contributed by atoms with Crippen molar-refractivity contribution in [1.82, 2.24) is 0 Å². The number of esters is 1. The first-order chi connectivity index (χ1) is 13.1. The van der Waals surface area contributed by atoms with Crippen molar-refractivity contribution in [3.8, 4) is 11.5 Å². The number of Topliss-reactive ketones (excluding diaryl/α,β-unsaturated/α-hetero) is 1. The summed E-state index contributed by atoms with van der Waals surface area (Å²) in [7, 11) is 0. The molecule has 148 valence electrons. The molecule has 1 aromatic rings. The summed E-state index contributed by atoms with van der Waals surface area (Å²) < 4.78 is 10.9. The second kappa shape index (κ2) is 7.16. The van der Waals surface area contributed by atoms with Crippen molar-refractivity contribution in [1.29, 1.82) is 0 Å². The van der Waals surface area contributed by atoms with Gasteiger partial charge in [0.1, 0.15) is 35.5 Å². The number of allylic oxidation sites excluding steroid dienone is 3. The molecule has 7 nitrogen and oxygen atoms in total. The van der Waals surface area contributed by atoms with Crippen LogP contribution < -0.4 is 0 Å². The summed E-state index contributed by atoms with van der Waals surface area (Å²) in [6, 6.07) is 2.34. The van der Waals surface area contributed by atoms with Crippen LogP contribution >= 0.6 is 0 Å². The van der Waals surface area contributed by atoms with Crippen molar-refractivity contribution in [3.63, 3.8) is 0 Å². The second-order valence-corrected chi connectivity index (χ2v) is 7.07. The second-order valence-electron chi connectivity index (χ2n) is 7.07. The Morgan fingerprint density at radius 1 is 1.36 bits per heavy atom. The topological polar surface area (TPSA) is 113 Å². The number of benzene rings is 1. The molecule has 3 N–H and O–H groups in total. The molecule has 1 aliphatic heterocycles. The lowest BCUT2D eigenvalue weighted by Crippen LogP contribution is -2.53. The minimum absolute atomic E-state index is 0.0407. The maximum atomic E-state index is 12.7. The van der Waals surface area contributed by atoms with E-state index >= 15 is 0 Å². The van der Waals surface area contributed by atoms with Gasteiger partial charge in [-0.05, 0) is 50.1 Å². The molecule has 0 aromatic heterocycles. The molecule has 1 aromatic carbocycles. The van der Waals surface area contributed by atoms with Crippen LogP contribution in [0, 0.1) is 6.92 Å². The molecule has 2 unspecified atom stereocenters. The van der Waals surface area contributed by atoms with Gasteiger partial charge in [-0.2, -0.15) is 0 Å². The van der Waals surface area contributed by atoms with E-state index in [1.807, 2.05) is 6.92 Å². The molecule has 7 heteroatoms. The Morgan fingerprint density at radius 2 is 2.07 bits per heavy atom. The Bertz CT molecular complexity index is 911. The number of ether oxygens (including phenoxy) is 2. The minimum atomic E-state index is -1.93. The van der Waals surface area contributed by atoms with Crippen molar-refractivity contribution in [2.24, 2.45) is 0 Å². The van der Waals surface area contributed by atoms with Gasteiger partial charge in [-0.3, -0.25) is 4.79 Å². The van der Waals surface area contributed by atoms with Crippen LogP contribution in [0.25, 0.3) is 0 Å². The summed E-state index contributed by atoms with van der Waals surface area (Å²) in [5, 5.41) is 30.2. The van der Waals surface area contributed by atoms with E-state index in [0.29, 0.717) is 22.5 Å². The van der Waals surface area contributed by atoms with Crippen molar-refractivity contribution in [2.45, 2.75) is 38.9 Å². The molecule has 0 amide bonds. The third-order valence-corrected chi connectivity index (χ3v) is 4.94. The van der Waals surface area contributed by atoms with Crippen LogP contribution in [-0.4, -0.2) is 45.4 Å². The van der Waals surface area contributed by atoms with E-state index in [9.17, 15) is 24.9 Å². The zero-order valence-corrected chi connectivity index (χ0v) is 15.9. The van der Waals surface area contributed by atoms with Crippen LogP contribution in [0.3, 0.4) is 0 Å². The van der Waals surface area contributed by atoms with E-state index in [4.69, 9.17) is 9.47 Å². The fourth-order valence-corrected chi connectivity index (χ4v) is 3.41. The maximum absolute atomic E-state index is 12.7. The number of rotatable bonds is 3. The Balaban J connectivity index is 1.92. The summed E-state index contributed by atoms with van der Waals surface area (Å²) in [4.78, 5) is 25.4. The molecule has 2 aliphatic rings. The highest BCUT2D eigenvalue weighted by Gasteiger charge is 2.48. The molecule has 2 atom stereocenters. The number of hydrogen-bond acceptors (Lipinski definition) is 7. The van der Waals surface area contributed by atoms with Gasteiger partial charge < -0.3 is 24.8 Å². The SMILES string of the molecule is CC=CC1=CC2=C(CO1)C(=O)C(C)(O)C(OC(=O)c1c(C)cc(O)cc1O)C2. The third kappa shape index (κ3) is 3.41. The highest BCUT2D eigenvalue weighted by Crippen LogP contribution is 2.37. The third-order valence-electron chi connectivity index (χ3n) is 4.94. The van der Waals surface area contributed by atoms with E-state index in [-0.39, 0.29) is 24.3 Å². The summed E-state index contributed by atoms with van der Waals surface area (Å²) in [6.07, 6.45) is 4.23. The molecule has 1 aliphatic carbocycles. The zero-order chi connectivity index (χ0) is 20.6.